The van der Waals surface area contributed by atoms with E-state index in [2.05, 4.69) is 4.98 Å². The number of nitro groups is 1. The maximum atomic E-state index is 10.4. The number of nitrogens with zero attached hydrogens (tertiary/aromatic N) is 1. The minimum atomic E-state index is -0.478. The van der Waals surface area contributed by atoms with Gasteiger partial charge in [0.1, 0.15) is 0 Å². The largest absolute Gasteiger partial charge is 0.347 e. The molecule has 0 fully saturated rings. The van der Waals surface area contributed by atoms with Crippen LogP contribution >= 0.6 is 12.2 Å². The zero-order chi connectivity index (χ0) is 8.43. The molecule has 1 rings (SSSR count). The summed E-state index contributed by atoms with van der Waals surface area (Å²) in [5.74, 6) is 0. The van der Waals surface area contributed by atoms with Gasteiger partial charge < -0.3 is 4.98 Å². The highest BCUT2D eigenvalue weighted by molar-refractivity contribution is 7.71. The number of H-pyrrole nitrogens is 1. The summed E-state index contributed by atoms with van der Waals surface area (Å²) in [5.41, 5.74) is 0.571. The van der Waals surface area contributed by atoms with Crippen LogP contribution < -0.4 is 0 Å². The molecule has 0 unspecified atom stereocenters. The number of aromatic nitrogens is 1. The number of nitrogens with one attached hydrogen (secondary N) is 1. The topological polar surface area (TPSA) is 58.9 Å². The van der Waals surface area contributed by atoms with E-state index in [0.717, 1.165) is 0 Å². The third-order valence-electron chi connectivity index (χ3n) is 1.32. The Morgan fingerprint density at radius 3 is 2.73 bits per heavy atom. The van der Waals surface area contributed by atoms with E-state index in [4.69, 9.17) is 12.2 Å². The molecule has 0 aromatic carbocycles. The molecule has 0 aliphatic carbocycles. The molecule has 4 nitrogen and oxygen atoms in total. The van der Waals surface area contributed by atoms with Crippen LogP contribution in [0.2, 0.25) is 0 Å². The van der Waals surface area contributed by atoms with Gasteiger partial charge in [-0.15, -0.1) is 0 Å². The van der Waals surface area contributed by atoms with E-state index >= 15 is 0 Å². The van der Waals surface area contributed by atoms with Crippen LogP contribution in [0.25, 0.3) is 0 Å². The SMILES string of the molecule is Cc1cc[nH]c(=S)c1[N+](=O)[O-]. The van der Waals surface area contributed by atoms with Crippen molar-refractivity contribution in [3.8, 4) is 0 Å². The molecular weight excluding hydrogens is 164 g/mol. The second kappa shape index (κ2) is 2.79. The van der Waals surface area contributed by atoms with Gasteiger partial charge in [0.15, 0.2) is 4.64 Å². The Hall–Kier alpha value is -1.23. The van der Waals surface area contributed by atoms with Gasteiger partial charge in [-0.25, -0.2) is 0 Å². The number of aryl methyl sites for hydroxylation is 1. The fraction of sp³-hybridized carbons (Fsp3) is 0.167. The maximum absolute atomic E-state index is 10.4. The average Bonchev–Trinajstić information content (AvgIpc) is 1.85. The third kappa shape index (κ3) is 1.43. The zero-order valence-electron chi connectivity index (χ0n) is 5.83. The normalized spacial score (nSPS) is 9.55. The van der Waals surface area contributed by atoms with Crippen molar-refractivity contribution < 1.29 is 4.92 Å². The molecule has 0 aliphatic heterocycles. The number of hydrogen-bond acceptors (Lipinski definition) is 3. The molecule has 0 saturated heterocycles. The summed E-state index contributed by atoms with van der Waals surface area (Å²) in [5, 5.41) is 10.4. The molecule has 0 radical (unpaired) electrons. The quantitative estimate of drug-likeness (QED) is 0.398. The van der Waals surface area contributed by atoms with E-state index in [1.54, 1.807) is 19.2 Å². The molecule has 0 aliphatic rings. The van der Waals surface area contributed by atoms with Crippen LogP contribution in [-0.4, -0.2) is 9.91 Å². The first-order valence-corrected chi connectivity index (χ1v) is 3.36. The average molecular weight is 170 g/mol. The molecule has 11 heavy (non-hydrogen) atoms. The van der Waals surface area contributed by atoms with E-state index in [1.165, 1.54) is 0 Å². The van der Waals surface area contributed by atoms with Gasteiger partial charge in [0.2, 0.25) is 0 Å². The lowest BCUT2D eigenvalue weighted by Gasteiger charge is -1.94. The Balaban J connectivity index is 3.45. The van der Waals surface area contributed by atoms with Gasteiger partial charge in [0.25, 0.3) is 0 Å². The lowest BCUT2D eigenvalue weighted by molar-refractivity contribution is -0.386. The molecule has 58 valence electrons. The van der Waals surface area contributed by atoms with Crippen molar-refractivity contribution in [3.63, 3.8) is 0 Å². The van der Waals surface area contributed by atoms with Crippen LogP contribution in [0.1, 0.15) is 5.56 Å². The number of hydrogen-bond donors (Lipinski definition) is 1. The van der Waals surface area contributed by atoms with Gasteiger partial charge in [0, 0.05) is 11.8 Å². The molecule has 0 amide bonds. The second-order valence-electron chi connectivity index (χ2n) is 2.10. The van der Waals surface area contributed by atoms with Gasteiger partial charge in [-0.05, 0) is 13.0 Å². The van der Waals surface area contributed by atoms with Gasteiger partial charge in [0.05, 0.1) is 4.92 Å². The molecule has 1 aromatic rings. The van der Waals surface area contributed by atoms with Gasteiger partial charge >= 0.3 is 5.69 Å². The number of aromatic amines is 1. The first kappa shape index (κ1) is 7.87. The Bertz CT molecular complexity index is 345. The fourth-order valence-electron chi connectivity index (χ4n) is 0.796. The number of pyridine rings is 1. The van der Waals surface area contributed by atoms with Crippen LogP contribution in [-0.2, 0) is 0 Å². The van der Waals surface area contributed by atoms with Crippen molar-refractivity contribution in [2.24, 2.45) is 0 Å². The third-order valence-corrected chi connectivity index (χ3v) is 1.63. The highest BCUT2D eigenvalue weighted by Gasteiger charge is 2.11. The minimum absolute atomic E-state index is 0.0116. The Morgan fingerprint density at radius 1 is 1.73 bits per heavy atom. The van der Waals surface area contributed by atoms with E-state index in [-0.39, 0.29) is 10.3 Å². The van der Waals surface area contributed by atoms with E-state index in [9.17, 15) is 10.1 Å². The van der Waals surface area contributed by atoms with Crippen molar-refractivity contribution in [3.05, 3.63) is 32.6 Å². The minimum Gasteiger partial charge on any atom is -0.347 e. The molecule has 0 spiro atoms. The first-order chi connectivity index (χ1) is 5.13. The Morgan fingerprint density at radius 2 is 2.36 bits per heavy atom. The molecule has 0 atom stereocenters. The Kier molecular flexibility index (Phi) is 2.00. The molecule has 1 heterocycles. The van der Waals surface area contributed by atoms with Gasteiger partial charge in [-0.1, -0.05) is 12.2 Å². The predicted octanol–water partition coefficient (Wildman–Crippen LogP) is 1.96. The Labute approximate surface area is 68.0 Å². The molecule has 1 N–H and O–H groups in total. The van der Waals surface area contributed by atoms with Gasteiger partial charge in [-0.2, -0.15) is 0 Å². The standard InChI is InChI=1S/C6H6N2O2S/c1-4-2-3-7-6(11)5(4)8(9)10/h2-3H,1H3,(H,7,11). The summed E-state index contributed by atoms with van der Waals surface area (Å²) < 4.78 is 0.176. The monoisotopic (exact) mass is 170 g/mol. The lowest BCUT2D eigenvalue weighted by Crippen LogP contribution is -1.93. The number of rotatable bonds is 1. The summed E-state index contributed by atoms with van der Waals surface area (Å²) in [6.07, 6.45) is 1.59. The maximum Gasteiger partial charge on any atom is 0.306 e. The van der Waals surface area contributed by atoms with Crippen molar-refractivity contribution in [2.75, 3.05) is 0 Å². The van der Waals surface area contributed by atoms with E-state index < -0.39 is 4.92 Å². The summed E-state index contributed by atoms with van der Waals surface area (Å²) in [6, 6.07) is 1.62. The molecule has 0 saturated carbocycles. The highest BCUT2D eigenvalue weighted by atomic mass is 32.1. The fourth-order valence-corrected chi connectivity index (χ4v) is 1.10. The summed E-state index contributed by atoms with van der Waals surface area (Å²) in [7, 11) is 0. The molecular formula is C6H6N2O2S. The summed E-state index contributed by atoms with van der Waals surface area (Å²) >= 11 is 4.72. The predicted molar refractivity (Wildman–Crippen MR) is 43.0 cm³/mol. The van der Waals surface area contributed by atoms with Crippen molar-refractivity contribution in [1.29, 1.82) is 0 Å². The smallest absolute Gasteiger partial charge is 0.306 e. The van der Waals surface area contributed by atoms with Gasteiger partial charge in [-0.3, -0.25) is 10.1 Å². The van der Waals surface area contributed by atoms with E-state index in [1.807, 2.05) is 0 Å². The summed E-state index contributed by atoms with van der Waals surface area (Å²) in [4.78, 5) is 12.5. The first-order valence-electron chi connectivity index (χ1n) is 2.95. The van der Waals surface area contributed by atoms with Crippen LogP contribution in [0.5, 0.6) is 0 Å². The van der Waals surface area contributed by atoms with E-state index in [0.29, 0.717) is 5.56 Å². The van der Waals surface area contributed by atoms with Crippen molar-refractivity contribution >= 4 is 17.9 Å². The lowest BCUT2D eigenvalue weighted by atomic mass is 10.3. The molecule has 5 heteroatoms. The van der Waals surface area contributed by atoms with Crippen LogP contribution in [0.4, 0.5) is 5.69 Å². The highest BCUT2D eigenvalue weighted by Crippen LogP contribution is 2.16. The van der Waals surface area contributed by atoms with Crippen LogP contribution in [0.15, 0.2) is 12.3 Å². The van der Waals surface area contributed by atoms with Crippen LogP contribution in [0, 0.1) is 21.7 Å². The summed E-state index contributed by atoms with van der Waals surface area (Å²) in [6.45, 7) is 1.65. The van der Waals surface area contributed by atoms with Crippen LogP contribution in [0.3, 0.4) is 0 Å². The molecule has 1 aromatic heterocycles. The van der Waals surface area contributed by atoms with Crippen molar-refractivity contribution in [1.82, 2.24) is 4.98 Å². The second-order valence-corrected chi connectivity index (χ2v) is 2.50. The van der Waals surface area contributed by atoms with Crippen molar-refractivity contribution in [2.45, 2.75) is 6.92 Å². The molecule has 0 bridgehead atoms. The zero-order valence-corrected chi connectivity index (χ0v) is 6.64.